The van der Waals surface area contributed by atoms with E-state index in [2.05, 4.69) is 10.3 Å². The number of ether oxygens (including phenoxy) is 2. The molecule has 1 aromatic heterocycles. The van der Waals surface area contributed by atoms with Crippen molar-refractivity contribution in [2.75, 3.05) is 19.5 Å². The number of methoxy groups -OCH3 is 2. The molecular weight excluding hydrogens is 458 g/mol. The summed E-state index contributed by atoms with van der Waals surface area (Å²) in [5.41, 5.74) is 0.422. The number of nitrogens with one attached hydrogen (secondary N) is 1. The van der Waals surface area contributed by atoms with Crippen molar-refractivity contribution in [3.63, 3.8) is 0 Å². The highest BCUT2D eigenvalue weighted by Crippen LogP contribution is 2.30. The van der Waals surface area contributed by atoms with Crippen molar-refractivity contribution >= 4 is 44.0 Å². The van der Waals surface area contributed by atoms with Crippen molar-refractivity contribution in [3.05, 3.63) is 70.4 Å². The maximum atomic E-state index is 12.7. The number of sulfone groups is 1. The molecule has 2 aromatic carbocycles. The zero-order valence-electron chi connectivity index (χ0n) is 16.8. The Morgan fingerprint density at radius 3 is 2.50 bits per heavy atom. The molecule has 0 aliphatic heterocycles. The van der Waals surface area contributed by atoms with Crippen LogP contribution in [0.2, 0.25) is 0 Å². The van der Waals surface area contributed by atoms with E-state index >= 15 is 0 Å². The molecule has 0 unspecified atom stereocenters. The number of hydrogen-bond acceptors (Lipinski definition) is 9. The third-order valence-corrected chi connectivity index (χ3v) is 7.34. The molecule has 3 aromatic rings. The average Bonchev–Trinajstić information content (AvgIpc) is 3.26. The molecule has 0 fully saturated rings. The molecule has 3 rings (SSSR count). The zero-order valence-corrected chi connectivity index (χ0v) is 18.5. The molecule has 1 N–H and O–H groups in total. The minimum absolute atomic E-state index is 0.0850. The molecule has 0 bridgehead atoms. The number of rotatable bonds is 8. The molecule has 0 saturated heterocycles. The van der Waals surface area contributed by atoms with Gasteiger partial charge in [-0.2, -0.15) is 0 Å². The number of amides is 1. The molecule has 1 heterocycles. The smallest absolute Gasteiger partial charge is 0.269 e. The van der Waals surface area contributed by atoms with Crippen LogP contribution in [-0.2, 0) is 14.6 Å². The first kappa shape index (κ1) is 22.9. The Hall–Kier alpha value is -3.77. The van der Waals surface area contributed by atoms with E-state index in [1.807, 2.05) is 0 Å². The molecule has 0 radical (unpaired) electrons. The summed E-state index contributed by atoms with van der Waals surface area (Å²) in [5, 5.41) is 13.3. The third-order valence-electron chi connectivity index (χ3n) is 4.19. The second-order valence-electron chi connectivity index (χ2n) is 6.17. The predicted molar refractivity (Wildman–Crippen MR) is 118 cm³/mol. The summed E-state index contributed by atoms with van der Waals surface area (Å²) >= 11 is 0.768. The Morgan fingerprint density at radius 1 is 1.16 bits per heavy atom. The van der Waals surface area contributed by atoms with E-state index in [4.69, 9.17) is 9.47 Å². The largest absolute Gasteiger partial charge is 0.497 e. The lowest BCUT2D eigenvalue weighted by atomic mass is 10.1. The molecule has 0 spiro atoms. The molecule has 166 valence electrons. The summed E-state index contributed by atoms with van der Waals surface area (Å²) in [6.45, 7) is 0. The molecular formula is C20H17N3O7S2. The Kier molecular flexibility index (Phi) is 6.85. The highest BCUT2D eigenvalue weighted by Gasteiger charge is 2.22. The third kappa shape index (κ3) is 5.10. The summed E-state index contributed by atoms with van der Waals surface area (Å²) in [6.07, 6.45) is 3.92. The van der Waals surface area contributed by atoms with Crippen molar-refractivity contribution in [2.24, 2.45) is 0 Å². The molecule has 12 heteroatoms. The Morgan fingerprint density at radius 2 is 1.88 bits per heavy atom. The number of non-ortho nitro benzene ring substituents is 1. The number of carbonyl (C=O) groups is 1. The van der Waals surface area contributed by atoms with Crippen LogP contribution in [0.15, 0.2) is 63.8 Å². The monoisotopic (exact) mass is 475 g/mol. The van der Waals surface area contributed by atoms with E-state index in [9.17, 15) is 23.3 Å². The second-order valence-corrected chi connectivity index (χ2v) is 9.38. The fourth-order valence-electron chi connectivity index (χ4n) is 2.57. The number of hydrogen-bond donors (Lipinski definition) is 1. The molecule has 0 aliphatic rings. The lowest BCUT2D eigenvalue weighted by Crippen LogP contribution is -2.07. The highest BCUT2D eigenvalue weighted by molar-refractivity contribution is 7.93. The summed E-state index contributed by atoms with van der Waals surface area (Å²) < 4.78 is 35.7. The van der Waals surface area contributed by atoms with E-state index in [0.717, 1.165) is 41.8 Å². The van der Waals surface area contributed by atoms with E-state index in [1.54, 1.807) is 18.2 Å². The maximum absolute atomic E-state index is 12.7. The van der Waals surface area contributed by atoms with Gasteiger partial charge in [0.25, 0.3) is 5.69 Å². The Bertz CT molecular complexity index is 1280. The average molecular weight is 476 g/mol. The number of aromatic nitrogens is 1. The number of benzene rings is 2. The van der Waals surface area contributed by atoms with E-state index in [-0.39, 0.29) is 19.9 Å². The van der Waals surface area contributed by atoms with Crippen LogP contribution in [0.1, 0.15) is 5.56 Å². The quantitative estimate of drug-likeness (QED) is 0.297. The minimum atomic E-state index is -3.93. The van der Waals surface area contributed by atoms with E-state index in [0.29, 0.717) is 17.1 Å². The first-order chi connectivity index (χ1) is 15.2. The standard InChI is InChI=1S/C20H17N3O7S2/c1-29-15-7-3-13(17(11-15)30-2)4-10-18(24)22-20-21-12-19(31-20)32(27,28)16-8-5-14(6-9-16)23(25)26/h3-12H,1-2H3,(H,21,22,24). The van der Waals surface area contributed by atoms with Gasteiger partial charge in [-0.15, -0.1) is 0 Å². The van der Waals surface area contributed by atoms with Gasteiger partial charge < -0.3 is 9.47 Å². The van der Waals surface area contributed by atoms with Crippen molar-refractivity contribution in [3.8, 4) is 11.5 Å². The lowest BCUT2D eigenvalue weighted by Gasteiger charge is -2.07. The zero-order chi connectivity index (χ0) is 23.3. The molecule has 1 amide bonds. The van der Waals surface area contributed by atoms with Gasteiger partial charge in [0, 0.05) is 29.8 Å². The normalized spacial score (nSPS) is 11.3. The van der Waals surface area contributed by atoms with Crippen molar-refractivity contribution < 1.29 is 27.6 Å². The first-order valence-corrected chi connectivity index (χ1v) is 11.2. The number of nitrogens with zero attached hydrogens (tertiary/aromatic N) is 2. The fourth-order valence-corrected chi connectivity index (χ4v) is 5.01. The molecule has 10 nitrogen and oxygen atoms in total. The van der Waals surface area contributed by atoms with Gasteiger partial charge in [0.15, 0.2) is 5.13 Å². The van der Waals surface area contributed by atoms with E-state index in [1.165, 1.54) is 26.4 Å². The highest BCUT2D eigenvalue weighted by atomic mass is 32.2. The SMILES string of the molecule is COc1ccc(C=CC(=O)Nc2ncc(S(=O)(=O)c3ccc([N+](=O)[O-])cc3)s2)c(OC)c1. The summed E-state index contributed by atoms with van der Waals surface area (Å²) in [4.78, 5) is 26.2. The number of nitro benzene ring substituents is 1. The van der Waals surface area contributed by atoms with Gasteiger partial charge in [0.2, 0.25) is 15.7 Å². The van der Waals surface area contributed by atoms with Crippen LogP contribution in [0, 0.1) is 10.1 Å². The van der Waals surface area contributed by atoms with Gasteiger partial charge in [0.05, 0.1) is 30.2 Å². The van der Waals surface area contributed by atoms with Gasteiger partial charge in [0.1, 0.15) is 15.7 Å². The predicted octanol–water partition coefficient (Wildman–Crippen LogP) is 3.55. The summed E-state index contributed by atoms with van der Waals surface area (Å²) in [6, 6.07) is 9.63. The van der Waals surface area contributed by atoms with Crippen molar-refractivity contribution in [1.82, 2.24) is 4.98 Å². The maximum Gasteiger partial charge on any atom is 0.269 e. The molecule has 0 aliphatic carbocycles. The van der Waals surface area contributed by atoms with Crippen LogP contribution >= 0.6 is 11.3 Å². The van der Waals surface area contributed by atoms with Crippen molar-refractivity contribution in [1.29, 1.82) is 0 Å². The number of anilines is 1. The Labute approximate surface area is 187 Å². The van der Waals surface area contributed by atoms with Gasteiger partial charge in [-0.05, 0) is 30.3 Å². The number of nitro groups is 1. The minimum Gasteiger partial charge on any atom is -0.497 e. The molecule has 32 heavy (non-hydrogen) atoms. The Balaban J connectivity index is 1.72. The van der Waals surface area contributed by atoms with Crippen molar-refractivity contribution in [2.45, 2.75) is 9.10 Å². The summed E-state index contributed by atoms with van der Waals surface area (Å²) in [7, 11) is -0.907. The van der Waals surface area contributed by atoms with Gasteiger partial charge in [-0.1, -0.05) is 11.3 Å². The lowest BCUT2D eigenvalue weighted by molar-refractivity contribution is -0.384. The van der Waals surface area contributed by atoms with Gasteiger partial charge in [-0.3, -0.25) is 20.2 Å². The van der Waals surface area contributed by atoms with Crippen LogP contribution in [0.3, 0.4) is 0 Å². The van der Waals surface area contributed by atoms with Crippen LogP contribution in [0.5, 0.6) is 11.5 Å². The van der Waals surface area contributed by atoms with Gasteiger partial charge >= 0.3 is 0 Å². The number of carbonyl (C=O) groups excluding carboxylic acids is 1. The fraction of sp³-hybridized carbons (Fsp3) is 0.100. The van der Waals surface area contributed by atoms with Crippen LogP contribution in [-0.4, -0.2) is 38.5 Å². The topological polar surface area (TPSA) is 138 Å². The molecule has 0 saturated carbocycles. The van der Waals surface area contributed by atoms with Gasteiger partial charge in [-0.25, -0.2) is 13.4 Å². The summed E-state index contributed by atoms with van der Waals surface area (Å²) in [5.74, 6) is 0.601. The van der Waals surface area contributed by atoms with E-state index < -0.39 is 20.7 Å². The van der Waals surface area contributed by atoms with Crippen LogP contribution in [0.4, 0.5) is 10.8 Å². The van der Waals surface area contributed by atoms with Crippen LogP contribution < -0.4 is 14.8 Å². The molecule has 0 atom stereocenters. The first-order valence-electron chi connectivity index (χ1n) is 8.91. The second kappa shape index (κ2) is 9.58. The van der Waals surface area contributed by atoms with Crippen LogP contribution in [0.25, 0.3) is 6.08 Å². The number of thiazole rings is 1.